The van der Waals surface area contributed by atoms with Gasteiger partial charge in [-0.05, 0) is 51.2 Å². The molecule has 1 saturated heterocycles. The molecule has 0 aromatic carbocycles. The fourth-order valence-electron chi connectivity index (χ4n) is 2.44. The van der Waals surface area contributed by atoms with E-state index >= 15 is 0 Å². The zero-order valence-corrected chi connectivity index (χ0v) is 8.11. The van der Waals surface area contributed by atoms with Crippen molar-refractivity contribution in [3.05, 3.63) is 0 Å². The quantitative estimate of drug-likeness (QED) is 0.544. The predicted octanol–water partition coefficient (Wildman–Crippen LogP) is 1.79. The summed E-state index contributed by atoms with van der Waals surface area (Å²) in [5.74, 6) is 0. The third kappa shape index (κ3) is 1.43. The molecule has 2 fully saturated rings. The second-order valence-corrected chi connectivity index (χ2v) is 5.10. The zero-order valence-electron chi connectivity index (χ0n) is 7.21. The van der Waals surface area contributed by atoms with E-state index in [0.29, 0.717) is 0 Å². The molecular weight excluding hydrogens is 154 g/mol. The van der Waals surface area contributed by atoms with Crippen molar-refractivity contribution in [1.82, 2.24) is 4.90 Å². The van der Waals surface area contributed by atoms with Crippen LogP contribution in [0.4, 0.5) is 0 Å². The Hall–Kier alpha value is 0.310. The fraction of sp³-hybridized carbons (Fsp3) is 1.00. The maximum Gasteiger partial charge on any atom is 0.00274 e. The molecule has 1 heterocycles. The van der Waals surface area contributed by atoms with E-state index in [1.165, 1.54) is 38.8 Å². The Kier molecular flexibility index (Phi) is 1.92. The topological polar surface area (TPSA) is 3.24 Å². The lowest BCUT2D eigenvalue weighted by Gasteiger charge is -2.50. The first-order valence-electron chi connectivity index (χ1n) is 4.57. The van der Waals surface area contributed by atoms with Crippen molar-refractivity contribution in [3.8, 4) is 0 Å². The van der Waals surface area contributed by atoms with Gasteiger partial charge in [-0.2, -0.15) is 12.6 Å². The van der Waals surface area contributed by atoms with Crippen LogP contribution >= 0.6 is 12.6 Å². The van der Waals surface area contributed by atoms with Crippen molar-refractivity contribution >= 4 is 12.6 Å². The van der Waals surface area contributed by atoms with Gasteiger partial charge < -0.3 is 4.90 Å². The number of thiol groups is 1. The van der Waals surface area contributed by atoms with Crippen LogP contribution in [0.3, 0.4) is 0 Å². The van der Waals surface area contributed by atoms with Crippen molar-refractivity contribution in [2.45, 2.75) is 30.9 Å². The van der Waals surface area contributed by atoms with Gasteiger partial charge >= 0.3 is 0 Å². The summed E-state index contributed by atoms with van der Waals surface area (Å²) in [5, 5.41) is 0.721. The van der Waals surface area contributed by atoms with Crippen LogP contribution in [-0.2, 0) is 0 Å². The highest BCUT2D eigenvalue weighted by Crippen LogP contribution is 2.50. The summed E-state index contributed by atoms with van der Waals surface area (Å²) in [6.45, 7) is 2.61. The van der Waals surface area contributed by atoms with E-state index in [9.17, 15) is 0 Å². The normalized spacial score (nSPS) is 32.2. The van der Waals surface area contributed by atoms with Crippen LogP contribution in [0.15, 0.2) is 0 Å². The molecule has 0 aromatic heterocycles. The summed E-state index contributed by atoms with van der Waals surface area (Å²) >= 11 is 4.48. The third-order valence-electron chi connectivity index (χ3n) is 3.38. The van der Waals surface area contributed by atoms with Crippen LogP contribution in [0.25, 0.3) is 0 Å². The molecule has 1 aliphatic heterocycles. The molecule has 0 unspecified atom stereocenters. The first-order valence-corrected chi connectivity index (χ1v) is 5.08. The standard InChI is InChI=1S/C9H17NS/c1-10-4-2-9(3-5-10)6-8(11)7-9/h8,11H,2-7H2,1H3. The maximum atomic E-state index is 4.48. The predicted molar refractivity (Wildman–Crippen MR) is 51.2 cm³/mol. The number of hydrogen-bond donors (Lipinski definition) is 1. The molecule has 0 aromatic rings. The lowest BCUT2D eigenvalue weighted by atomic mass is 9.63. The maximum absolute atomic E-state index is 4.48. The summed E-state index contributed by atoms with van der Waals surface area (Å²) in [5.41, 5.74) is 0.735. The van der Waals surface area contributed by atoms with Gasteiger partial charge in [0.1, 0.15) is 0 Å². The monoisotopic (exact) mass is 171 g/mol. The molecule has 0 amide bonds. The average Bonchev–Trinajstić information content (AvgIpc) is 1.92. The molecule has 2 aliphatic rings. The van der Waals surface area contributed by atoms with Crippen LogP contribution in [0.1, 0.15) is 25.7 Å². The van der Waals surface area contributed by atoms with Crippen molar-refractivity contribution in [2.75, 3.05) is 20.1 Å². The van der Waals surface area contributed by atoms with Gasteiger partial charge in [0.15, 0.2) is 0 Å². The van der Waals surface area contributed by atoms with Crippen LogP contribution < -0.4 is 0 Å². The summed E-state index contributed by atoms with van der Waals surface area (Å²) in [7, 11) is 2.23. The molecule has 1 nitrogen and oxygen atoms in total. The second-order valence-electron chi connectivity index (χ2n) is 4.37. The number of nitrogens with zero attached hydrogens (tertiary/aromatic N) is 1. The smallest absolute Gasteiger partial charge is 0.00274 e. The Morgan fingerprint density at radius 1 is 1.27 bits per heavy atom. The van der Waals surface area contributed by atoms with E-state index in [2.05, 4.69) is 24.6 Å². The largest absolute Gasteiger partial charge is 0.306 e. The van der Waals surface area contributed by atoms with Crippen molar-refractivity contribution in [2.24, 2.45) is 5.41 Å². The minimum Gasteiger partial charge on any atom is -0.306 e. The Balaban J connectivity index is 1.88. The minimum absolute atomic E-state index is 0.721. The van der Waals surface area contributed by atoms with Gasteiger partial charge in [-0.3, -0.25) is 0 Å². The first-order chi connectivity index (χ1) is 5.20. The summed E-state index contributed by atoms with van der Waals surface area (Å²) < 4.78 is 0. The number of hydrogen-bond acceptors (Lipinski definition) is 2. The van der Waals surface area contributed by atoms with E-state index in [1.54, 1.807) is 0 Å². The molecule has 2 rings (SSSR count). The van der Waals surface area contributed by atoms with Crippen LogP contribution in [0.5, 0.6) is 0 Å². The summed E-state index contributed by atoms with van der Waals surface area (Å²) in [6.07, 6.45) is 5.59. The Morgan fingerprint density at radius 3 is 2.27 bits per heavy atom. The number of likely N-dealkylation sites (tertiary alicyclic amines) is 1. The molecular formula is C9H17NS. The molecule has 0 radical (unpaired) electrons. The van der Waals surface area contributed by atoms with E-state index in [-0.39, 0.29) is 0 Å². The highest BCUT2D eigenvalue weighted by atomic mass is 32.1. The van der Waals surface area contributed by atoms with Gasteiger partial charge in [-0.15, -0.1) is 0 Å². The summed E-state index contributed by atoms with van der Waals surface area (Å²) in [4.78, 5) is 2.44. The number of piperidine rings is 1. The molecule has 0 bridgehead atoms. The Morgan fingerprint density at radius 2 is 1.82 bits per heavy atom. The zero-order chi connectivity index (χ0) is 7.90. The fourth-order valence-corrected chi connectivity index (χ4v) is 3.22. The average molecular weight is 171 g/mol. The molecule has 0 atom stereocenters. The van der Waals surface area contributed by atoms with Gasteiger partial charge in [0.05, 0.1) is 0 Å². The SMILES string of the molecule is CN1CCC2(CC1)CC(S)C2. The van der Waals surface area contributed by atoms with Gasteiger partial charge in [0, 0.05) is 5.25 Å². The molecule has 64 valence electrons. The van der Waals surface area contributed by atoms with Crippen molar-refractivity contribution in [1.29, 1.82) is 0 Å². The van der Waals surface area contributed by atoms with Gasteiger partial charge in [-0.1, -0.05) is 0 Å². The van der Waals surface area contributed by atoms with E-state index in [1.807, 2.05) is 0 Å². The van der Waals surface area contributed by atoms with Crippen LogP contribution in [0, 0.1) is 5.41 Å². The minimum atomic E-state index is 0.721. The molecule has 1 saturated carbocycles. The van der Waals surface area contributed by atoms with Crippen molar-refractivity contribution in [3.63, 3.8) is 0 Å². The molecule has 1 aliphatic carbocycles. The second kappa shape index (κ2) is 2.67. The van der Waals surface area contributed by atoms with Gasteiger partial charge in [-0.25, -0.2) is 0 Å². The van der Waals surface area contributed by atoms with Gasteiger partial charge in [0.2, 0.25) is 0 Å². The Bertz CT molecular complexity index is 142. The van der Waals surface area contributed by atoms with E-state index in [4.69, 9.17) is 0 Å². The molecule has 11 heavy (non-hydrogen) atoms. The first kappa shape index (κ1) is 7.93. The van der Waals surface area contributed by atoms with Crippen LogP contribution in [-0.4, -0.2) is 30.3 Å². The molecule has 2 heteroatoms. The Labute approximate surface area is 74.6 Å². The lowest BCUT2D eigenvalue weighted by molar-refractivity contribution is 0.0497. The van der Waals surface area contributed by atoms with Crippen LogP contribution in [0.2, 0.25) is 0 Å². The van der Waals surface area contributed by atoms with E-state index in [0.717, 1.165) is 10.7 Å². The van der Waals surface area contributed by atoms with Crippen molar-refractivity contribution < 1.29 is 0 Å². The lowest BCUT2D eigenvalue weighted by Crippen LogP contribution is -2.46. The number of rotatable bonds is 0. The molecule has 0 N–H and O–H groups in total. The van der Waals surface area contributed by atoms with Gasteiger partial charge in [0.25, 0.3) is 0 Å². The molecule has 1 spiro atoms. The highest BCUT2D eigenvalue weighted by molar-refractivity contribution is 7.81. The summed E-state index contributed by atoms with van der Waals surface area (Å²) in [6, 6.07) is 0. The third-order valence-corrected chi connectivity index (χ3v) is 3.75. The highest BCUT2D eigenvalue weighted by Gasteiger charge is 2.43. The van der Waals surface area contributed by atoms with E-state index < -0.39 is 0 Å².